The van der Waals surface area contributed by atoms with Crippen molar-refractivity contribution in [3.05, 3.63) is 59.9 Å². The molecular weight excluding hydrogens is 280 g/mol. The Kier molecular flexibility index (Phi) is 6.99. The van der Waals surface area contributed by atoms with Gasteiger partial charge >= 0.3 is 0 Å². The van der Waals surface area contributed by atoms with E-state index >= 15 is 0 Å². The Hall–Kier alpha value is -1.96. The third kappa shape index (κ3) is 5.63. The van der Waals surface area contributed by atoms with E-state index in [0.717, 1.165) is 37.1 Å². The minimum absolute atomic E-state index is 0.814. The van der Waals surface area contributed by atoms with Gasteiger partial charge in [0.2, 0.25) is 0 Å². The molecule has 0 aliphatic rings. The third-order valence-corrected chi connectivity index (χ3v) is 4.25. The summed E-state index contributed by atoms with van der Waals surface area (Å²) in [6.07, 6.45) is 11.9. The Morgan fingerprint density at radius 3 is 2.22 bits per heavy atom. The maximum Gasteiger partial charge on any atom is 0.159 e. The van der Waals surface area contributed by atoms with Gasteiger partial charge < -0.3 is 0 Å². The smallest absolute Gasteiger partial charge is 0.159 e. The van der Waals surface area contributed by atoms with Crippen molar-refractivity contribution in [3.8, 4) is 11.4 Å². The summed E-state index contributed by atoms with van der Waals surface area (Å²) in [7, 11) is 0. The van der Waals surface area contributed by atoms with E-state index in [1.165, 1.54) is 36.0 Å². The molecule has 2 nitrogen and oxygen atoms in total. The third-order valence-electron chi connectivity index (χ3n) is 4.25. The SMILES string of the molecule is C=C(CC)CCc1ccc(-c2ncc(CCCCC)cn2)cc1. The van der Waals surface area contributed by atoms with E-state index in [-0.39, 0.29) is 0 Å². The lowest BCUT2D eigenvalue weighted by Crippen LogP contribution is -1.94. The summed E-state index contributed by atoms with van der Waals surface area (Å²) in [6.45, 7) is 8.45. The van der Waals surface area contributed by atoms with E-state index in [4.69, 9.17) is 0 Å². The van der Waals surface area contributed by atoms with Crippen molar-refractivity contribution in [1.29, 1.82) is 0 Å². The molecule has 0 amide bonds. The van der Waals surface area contributed by atoms with Crippen LogP contribution in [0.2, 0.25) is 0 Å². The lowest BCUT2D eigenvalue weighted by molar-refractivity contribution is 0.714. The van der Waals surface area contributed by atoms with Gasteiger partial charge in [0.1, 0.15) is 0 Å². The van der Waals surface area contributed by atoms with E-state index in [0.29, 0.717) is 0 Å². The predicted molar refractivity (Wildman–Crippen MR) is 98.4 cm³/mol. The fourth-order valence-electron chi connectivity index (χ4n) is 2.53. The molecule has 1 aromatic carbocycles. The summed E-state index contributed by atoms with van der Waals surface area (Å²) in [6, 6.07) is 8.60. The molecule has 2 rings (SSSR count). The average Bonchev–Trinajstić information content (AvgIpc) is 2.61. The molecule has 1 heterocycles. The van der Waals surface area contributed by atoms with Crippen LogP contribution < -0.4 is 0 Å². The van der Waals surface area contributed by atoms with Gasteiger partial charge in [0.25, 0.3) is 0 Å². The van der Waals surface area contributed by atoms with Crippen LogP contribution >= 0.6 is 0 Å². The number of aryl methyl sites for hydroxylation is 2. The van der Waals surface area contributed by atoms with E-state index in [2.05, 4.69) is 54.7 Å². The summed E-state index contributed by atoms with van der Waals surface area (Å²) in [4.78, 5) is 9.04. The molecule has 1 aromatic heterocycles. The summed E-state index contributed by atoms with van der Waals surface area (Å²) >= 11 is 0. The van der Waals surface area contributed by atoms with E-state index < -0.39 is 0 Å². The molecule has 0 saturated heterocycles. The molecule has 23 heavy (non-hydrogen) atoms. The second-order valence-electron chi connectivity index (χ2n) is 6.17. The van der Waals surface area contributed by atoms with Crippen LogP contribution in [-0.4, -0.2) is 9.97 Å². The first-order valence-electron chi connectivity index (χ1n) is 8.79. The highest BCUT2D eigenvalue weighted by molar-refractivity contribution is 5.55. The van der Waals surface area contributed by atoms with Crippen LogP contribution in [0.15, 0.2) is 48.8 Å². The van der Waals surface area contributed by atoms with Crippen LogP contribution in [0.3, 0.4) is 0 Å². The van der Waals surface area contributed by atoms with Crippen molar-refractivity contribution in [2.75, 3.05) is 0 Å². The summed E-state index contributed by atoms with van der Waals surface area (Å²) < 4.78 is 0. The van der Waals surface area contributed by atoms with E-state index in [1.54, 1.807) is 0 Å². The van der Waals surface area contributed by atoms with Gasteiger partial charge in [0.05, 0.1) is 0 Å². The molecule has 2 aromatic rings. The summed E-state index contributed by atoms with van der Waals surface area (Å²) in [5.74, 6) is 0.814. The van der Waals surface area contributed by atoms with Crippen molar-refractivity contribution < 1.29 is 0 Å². The molecule has 0 radical (unpaired) electrons. The number of aromatic nitrogens is 2. The zero-order chi connectivity index (χ0) is 16.5. The first kappa shape index (κ1) is 17.4. The fraction of sp³-hybridized carbons (Fsp3) is 0.429. The zero-order valence-corrected chi connectivity index (χ0v) is 14.5. The van der Waals surface area contributed by atoms with Crippen molar-refractivity contribution in [3.63, 3.8) is 0 Å². The van der Waals surface area contributed by atoms with Crippen molar-refractivity contribution in [2.45, 2.75) is 58.8 Å². The van der Waals surface area contributed by atoms with Gasteiger partial charge in [-0.15, -0.1) is 0 Å². The van der Waals surface area contributed by atoms with Gasteiger partial charge in [-0.2, -0.15) is 0 Å². The van der Waals surface area contributed by atoms with Gasteiger partial charge in [-0.05, 0) is 43.2 Å². The second kappa shape index (κ2) is 9.24. The minimum atomic E-state index is 0.814. The number of rotatable bonds is 9. The Bertz CT molecular complexity index is 597. The highest BCUT2D eigenvalue weighted by Gasteiger charge is 2.03. The van der Waals surface area contributed by atoms with Crippen molar-refractivity contribution in [1.82, 2.24) is 9.97 Å². The summed E-state index contributed by atoms with van der Waals surface area (Å²) in [5, 5.41) is 0. The van der Waals surface area contributed by atoms with Crippen LogP contribution in [0, 0.1) is 0 Å². The second-order valence-corrected chi connectivity index (χ2v) is 6.17. The molecule has 0 spiro atoms. The highest BCUT2D eigenvalue weighted by atomic mass is 14.9. The van der Waals surface area contributed by atoms with Gasteiger partial charge in [0.15, 0.2) is 5.82 Å². The van der Waals surface area contributed by atoms with Gasteiger partial charge in [-0.1, -0.05) is 63.1 Å². The Morgan fingerprint density at radius 2 is 1.61 bits per heavy atom. The first-order chi connectivity index (χ1) is 11.2. The molecule has 0 bridgehead atoms. The van der Waals surface area contributed by atoms with Crippen molar-refractivity contribution in [2.24, 2.45) is 0 Å². The van der Waals surface area contributed by atoms with Crippen LogP contribution in [0.1, 0.15) is 57.1 Å². The molecule has 0 aliphatic heterocycles. The average molecular weight is 308 g/mol. The Morgan fingerprint density at radius 1 is 0.913 bits per heavy atom. The largest absolute Gasteiger partial charge is 0.236 e. The molecule has 2 heteroatoms. The molecule has 0 atom stereocenters. The maximum absolute atomic E-state index is 4.52. The number of benzene rings is 1. The molecular formula is C21H28N2. The maximum atomic E-state index is 4.52. The lowest BCUT2D eigenvalue weighted by atomic mass is 10.0. The number of allylic oxidation sites excluding steroid dienone is 1. The van der Waals surface area contributed by atoms with E-state index in [1.807, 2.05) is 12.4 Å². The molecule has 0 fully saturated rings. The topological polar surface area (TPSA) is 25.8 Å². The van der Waals surface area contributed by atoms with Gasteiger partial charge in [-0.25, -0.2) is 9.97 Å². The lowest BCUT2D eigenvalue weighted by Gasteiger charge is -2.06. The minimum Gasteiger partial charge on any atom is -0.236 e. The highest BCUT2D eigenvalue weighted by Crippen LogP contribution is 2.18. The van der Waals surface area contributed by atoms with Crippen molar-refractivity contribution >= 4 is 0 Å². The molecule has 0 saturated carbocycles. The quantitative estimate of drug-likeness (QED) is 0.434. The van der Waals surface area contributed by atoms with Gasteiger partial charge in [-0.3, -0.25) is 0 Å². The van der Waals surface area contributed by atoms with Crippen LogP contribution in [0.4, 0.5) is 0 Å². The Labute approximate surface area is 140 Å². The van der Waals surface area contributed by atoms with Crippen LogP contribution in [0.25, 0.3) is 11.4 Å². The summed E-state index contributed by atoms with van der Waals surface area (Å²) in [5.41, 5.74) is 4.98. The molecule has 0 unspecified atom stereocenters. The fourth-order valence-corrected chi connectivity index (χ4v) is 2.53. The first-order valence-corrected chi connectivity index (χ1v) is 8.79. The standard InChI is InChI=1S/C21H28N2/c1-4-6-7-8-19-15-22-21(23-16-19)20-13-11-18(12-14-20)10-9-17(3)5-2/h11-16H,3-10H2,1-2H3. The van der Waals surface area contributed by atoms with Gasteiger partial charge in [0, 0.05) is 18.0 Å². The molecule has 0 N–H and O–H groups in total. The van der Waals surface area contributed by atoms with E-state index in [9.17, 15) is 0 Å². The Balaban J connectivity index is 1.94. The zero-order valence-electron chi connectivity index (χ0n) is 14.5. The normalized spacial score (nSPS) is 10.7. The molecule has 0 aliphatic carbocycles. The molecule has 122 valence electrons. The number of hydrogen-bond donors (Lipinski definition) is 0. The number of unbranched alkanes of at least 4 members (excludes halogenated alkanes) is 2. The van der Waals surface area contributed by atoms with Crippen LogP contribution in [-0.2, 0) is 12.8 Å². The number of hydrogen-bond acceptors (Lipinski definition) is 2. The predicted octanol–water partition coefficient (Wildman–Crippen LogP) is 5.78. The monoisotopic (exact) mass is 308 g/mol. The number of nitrogens with zero attached hydrogens (tertiary/aromatic N) is 2. The van der Waals surface area contributed by atoms with Crippen LogP contribution in [0.5, 0.6) is 0 Å².